The molecule has 0 unspecified atom stereocenters. The fourth-order valence-corrected chi connectivity index (χ4v) is 3.99. The fourth-order valence-electron chi connectivity index (χ4n) is 2.99. The number of carbonyl (C=O) groups is 1. The minimum absolute atomic E-state index is 0.0207. The van der Waals surface area contributed by atoms with Gasteiger partial charge in [-0.15, -0.1) is 0 Å². The molecule has 0 aliphatic rings. The molecule has 186 valence electrons. The molecule has 1 aromatic carbocycles. The minimum atomic E-state index is -1.14. The van der Waals surface area contributed by atoms with E-state index in [1.807, 2.05) is 6.92 Å². The normalized spacial score (nSPS) is 12.7. The number of thioether (sulfide) groups is 1. The van der Waals surface area contributed by atoms with Crippen LogP contribution < -0.4 is 5.32 Å². The average Bonchev–Trinajstić information content (AvgIpc) is 2.75. The number of nitrogens with zero attached hydrogens (tertiary/aromatic N) is 2. The van der Waals surface area contributed by atoms with E-state index in [1.165, 1.54) is 28.5 Å². The first-order valence-electron chi connectivity index (χ1n) is 10.9. The molecule has 9 nitrogen and oxygen atoms in total. The van der Waals surface area contributed by atoms with Gasteiger partial charge in [0.25, 0.3) is 11.4 Å². The van der Waals surface area contributed by atoms with Crippen LogP contribution in [0.5, 0.6) is 0 Å². The third-order valence-corrected chi connectivity index (χ3v) is 5.89. The Morgan fingerprint density at radius 3 is 2.00 bits per heavy atom. The number of non-ortho nitro benzene ring substituents is 2. The van der Waals surface area contributed by atoms with Crippen LogP contribution in [0.25, 0.3) is 0 Å². The number of hydrogen-bond acceptors (Lipinski definition) is 7. The lowest BCUT2D eigenvalue weighted by Crippen LogP contribution is -2.31. The lowest BCUT2D eigenvalue weighted by molar-refractivity contribution is -0.394. The molecular formula is C24H33N3O6S. The van der Waals surface area contributed by atoms with Gasteiger partial charge in [-0.2, -0.15) is 11.8 Å². The molecule has 0 radical (unpaired) electrons. The van der Waals surface area contributed by atoms with Gasteiger partial charge in [0.05, 0.1) is 15.9 Å². The van der Waals surface area contributed by atoms with Crippen molar-refractivity contribution in [3.63, 3.8) is 0 Å². The summed E-state index contributed by atoms with van der Waals surface area (Å²) < 4.78 is 0. The maximum Gasteiger partial charge on any atom is 0.326 e. The summed E-state index contributed by atoms with van der Waals surface area (Å²) in [7, 11) is 0. The lowest BCUT2D eigenvalue weighted by Gasteiger charge is -2.15. The van der Waals surface area contributed by atoms with E-state index in [4.69, 9.17) is 0 Å². The number of rotatable bonds is 15. The molecule has 1 atom stereocenters. The third-order valence-electron chi connectivity index (χ3n) is 4.92. The molecule has 0 aliphatic carbocycles. The van der Waals surface area contributed by atoms with Crippen LogP contribution in [0.1, 0.15) is 53.4 Å². The molecule has 10 heteroatoms. The van der Waals surface area contributed by atoms with E-state index in [-0.39, 0.29) is 11.4 Å². The summed E-state index contributed by atoms with van der Waals surface area (Å²) in [6, 6.07) is 1.97. The summed E-state index contributed by atoms with van der Waals surface area (Å²) in [4.78, 5) is 32.2. The molecule has 0 bridgehead atoms. The highest BCUT2D eigenvalue weighted by atomic mass is 32.2. The summed E-state index contributed by atoms with van der Waals surface area (Å²) in [5, 5.41) is 34.2. The highest BCUT2D eigenvalue weighted by Crippen LogP contribution is 2.26. The molecule has 0 spiro atoms. The van der Waals surface area contributed by atoms with Gasteiger partial charge in [0.2, 0.25) is 0 Å². The summed E-state index contributed by atoms with van der Waals surface area (Å²) in [6.45, 7) is 8.38. The SMILES string of the molecule is CC(C)=CCCC(C)=CCCC(C)=CCSC[C@H](Nc1cc([N+](=O)[O-])cc([N+](=O)[O-])c1)C(=O)O. The van der Waals surface area contributed by atoms with E-state index >= 15 is 0 Å². The molecule has 0 aromatic heterocycles. The number of nitro groups is 2. The van der Waals surface area contributed by atoms with E-state index in [9.17, 15) is 30.1 Å². The third kappa shape index (κ3) is 11.6. The van der Waals surface area contributed by atoms with Crippen LogP contribution in [0, 0.1) is 20.2 Å². The van der Waals surface area contributed by atoms with Gasteiger partial charge in [0.1, 0.15) is 6.04 Å². The molecule has 1 rings (SSSR count). The Kier molecular flexibility index (Phi) is 12.7. The van der Waals surface area contributed by atoms with Crippen molar-refractivity contribution in [3.05, 3.63) is 73.4 Å². The van der Waals surface area contributed by atoms with Gasteiger partial charge in [0, 0.05) is 29.3 Å². The highest BCUT2D eigenvalue weighted by molar-refractivity contribution is 7.99. The highest BCUT2D eigenvalue weighted by Gasteiger charge is 2.21. The smallest absolute Gasteiger partial charge is 0.326 e. The predicted octanol–water partition coefficient (Wildman–Crippen LogP) is 6.52. The van der Waals surface area contributed by atoms with Crippen LogP contribution in [0.15, 0.2) is 53.1 Å². The van der Waals surface area contributed by atoms with E-state index in [1.54, 1.807) is 0 Å². The predicted molar refractivity (Wildman–Crippen MR) is 138 cm³/mol. The van der Waals surface area contributed by atoms with Crippen molar-refractivity contribution >= 4 is 34.8 Å². The zero-order chi connectivity index (χ0) is 25.7. The van der Waals surface area contributed by atoms with Gasteiger partial charge in [0.15, 0.2) is 0 Å². The van der Waals surface area contributed by atoms with Crippen LogP contribution >= 0.6 is 11.8 Å². The van der Waals surface area contributed by atoms with Gasteiger partial charge < -0.3 is 10.4 Å². The van der Waals surface area contributed by atoms with E-state index in [0.29, 0.717) is 5.75 Å². The maximum atomic E-state index is 11.6. The van der Waals surface area contributed by atoms with Crippen molar-refractivity contribution in [1.82, 2.24) is 0 Å². The number of benzene rings is 1. The Morgan fingerprint density at radius 2 is 1.50 bits per heavy atom. The molecule has 2 N–H and O–H groups in total. The second-order valence-corrected chi connectivity index (χ2v) is 9.36. The monoisotopic (exact) mass is 491 g/mol. The topological polar surface area (TPSA) is 136 Å². The van der Waals surface area contributed by atoms with Gasteiger partial charge >= 0.3 is 5.97 Å². The fraction of sp³-hybridized carbons (Fsp3) is 0.458. The second kappa shape index (κ2) is 14.9. The van der Waals surface area contributed by atoms with Crippen LogP contribution in [-0.4, -0.2) is 38.5 Å². The first-order chi connectivity index (χ1) is 16.0. The van der Waals surface area contributed by atoms with Gasteiger partial charge in [-0.3, -0.25) is 20.2 Å². The number of allylic oxidation sites excluding steroid dienone is 5. The summed E-state index contributed by atoms with van der Waals surface area (Å²) >= 11 is 1.40. The molecule has 0 fully saturated rings. The Balaban J connectivity index is 2.59. The van der Waals surface area contributed by atoms with Gasteiger partial charge in [-0.1, -0.05) is 34.9 Å². The molecule has 0 heterocycles. The first-order valence-corrected chi connectivity index (χ1v) is 12.1. The molecule has 0 aliphatic heterocycles. The lowest BCUT2D eigenvalue weighted by atomic mass is 10.1. The molecule has 34 heavy (non-hydrogen) atoms. The number of anilines is 1. The number of carboxylic acid groups (broad SMARTS) is 1. The number of nitrogens with one attached hydrogen (secondary N) is 1. The van der Waals surface area contributed by atoms with Crippen molar-refractivity contribution in [2.75, 3.05) is 16.8 Å². The van der Waals surface area contributed by atoms with Crippen molar-refractivity contribution in [3.8, 4) is 0 Å². The molecule has 1 aromatic rings. The summed E-state index contributed by atoms with van der Waals surface area (Å²) in [5.74, 6) is -0.328. The first kappa shape index (κ1) is 28.9. The zero-order valence-corrected chi connectivity index (χ0v) is 20.9. The number of aliphatic carboxylic acids is 1. The van der Waals surface area contributed by atoms with Gasteiger partial charge in [-0.25, -0.2) is 4.79 Å². The molecule has 0 amide bonds. The Morgan fingerprint density at radius 1 is 0.971 bits per heavy atom. The van der Waals surface area contributed by atoms with Gasteiger partial charge in [-0.05, 0) is 53.4 Å². The Labute approximate surface area is 204 Å². The second-order valence-electron chi connectivity index (χ2n) is 8.28. The number of carboxylic acids is 1. The average molecular weight is 492 g/mol. The van der Waals surface area contributed by atoms with Crippen LogP contribution in [0.3, 0.4) is 0 Å². The van der Waals surface area contributed by atoms with Crippen LogP contribution in [0.4, 0.5) is 17.1 Å². The largest absolute Gasteiger partial charge is 0.480 e. The molecule has 0 saturated carbocycles. The number of nitro benzene ring substituents is 2. The van der Waals surface area contributed by atoms with Crippen molar-refractivity contribution in [2.45, 2.75) is 59.4 Å². The minimum Gasteiger partial charge on any atom is -0.480 e. The van der Waals surface area contributed by atoms with Crippen LogP contribution in [0.2, 0.25) is 0 Å². The summed E-state index contributed by atoms with van der Waals surface area (Å²) in [6.07, 6.45) is 10.6. The van der Waals surface area contributed by atoms with Crippen molar-refractivity contribution in [1.29, 1.82) is 0 Å². The van der Waals surface area contributed by atoms with Crippen LogP contribution in [-0.2, 0) is 4.79 Å². The van der Waals surface area contributed by atoms with Crippen molar-refractivity contribution in [2.24, 2.45) is 0 Å². The van der Waals surface area contributed by atoms with E-state index in [0.717, 1.165) is 43.9 Å². The zero-order valence-electron chi connectivity index (χ0n) is 20.1. The summed E-state index contributed by atoms with van der Waals surface area (Å²) in [5.41, 5.74) is 2.98. The number of hydrogen-bond donors (Lipinski definition) is 2. The van der Waals surface area contributed by atoms with Crippen molar-refractivity contribution < 1.29 is 19.7 Å². The molecule has 0 saturated heterocycles. The van der Waals surface area contributed by atoms with E-state index in [2.05, 4.69) is 44.3 Å². The molecular weight excluding hydrogens is 458 g/mol. The Hall–Kier alpha value is -3.14. The standard InChI is InChI=1S/C24H33N3O6S/c1-17(2)7-5-8-18(3)9-6-10-19(4)11-12-34-16-23(24(28)29)25-20-13-21(26(30)31)15-22(14-20)27(32)33/h7,9,11,13-15,23,25H,5-6,8,10,12,16H2,1-4H3,(H,28,29)/t23-/m0/s1. The maximum absolute atomic E-state index is 11.6. The van der Waals surface area contributed by atoms with E-state index < -0.39 is 33.2 Å². The Bertz CT molecular complexity index is 935. The quantitative estimate of drug-likeness (QED) is 0.122.